The Labute approximate surface area is 208 Å². The van der Waals surface area contributed by atoms with Crippen molar-refractivity contribution in [2.24, 2.45) is 0 Å². The number of hydrogen-bond acceptors (Lipinski definition) is 7. The van der Waals surface area contributed by atoms with Gasteiger partial charge in [-0.25, -0.2) is 4.98 Å². The number of aromatic nitrogens is 4. The van der Waals surface area contributed by atoms with E-state index >= 15 is 0 Å². The lowest BCUT2D eigenvalue weighted by atomic mass is 9.84. The van der Waals surface area contributed by atoms with E-state index < -0.39 is 5.91 Å². The minimum atomic E-state index is -0.455. The van der Waals surface area contributed by atoms with Crippen molar-refractivity contribution in [2.45, 2.75) is 69.1 Å². The summed E-state index contributed by atoms with van der Waals surface area (Å²) in [4.78, 5) is 35.6. The van der Waals surface area contributed by atoms with Crippen molar-refractivity contribution >= 4 is 17.4 Å². The predicted octanol–water partition coefficient (Wildman–Crippen LogP) is 3.10. The third kappa shape index (κ3) is 3.88. The fourth-order valence-electron chi connectivity index (χ4n) is 5.59. The van der Waals surface area contributed by atoms with Gasteiger partial charge in [-0.1, -0.05) is 0 Å². The molecule has 10 nitrogen and oxygen atoms in total. The second kappa shape index (κ2) is 8.41. The summed E-state index contributed by atoms with van der Waals surface area (Å²) in [6.45, 7) is 4.90. The fourth-order valence-corrected chi connectivity index (χ4v) is 5.59. The third-order valence-electron chi connectivity index (χ3n) is 7.49. The molecule has 1 aliphatic heterocycles. The Balaban J connectivity index is 1.34. The van der Waals surface area contributed by atoms with Crippen LogP contribution in [0.2, 0.25) is 0 Å². The highest BCUT2D eigenvalue weighted by Crippen LogP contribution is 2.54. The molecule has 190 valence electrons. The van der Waals surface area contributed by atoms with Crippen LogP contribution in [0.4, 0.5) is 5.69 Å². The average molecular weight is 494 g/mol. The molecule has 0 unspecified atom stereocenters. The topological polar surface area (TPSA) is 109 Å². The number of ether oxygens (including phenoxy) is 3. The molecule has 2 saturated carbocycles. The number of methoxy groups -OCH3 is 1. The number of hydrogen-bond donors (Lipinski definition) is 1. The largest absolute Gasteiger partial charge is 0.474 e. The molecule has 2 atom stereocenters. The zero-order valence-corrected chi connectivity index (χ0v) is 20.8. The molecule has 2 bridgehead atoms. The molecule has 0 spiro atoms. The zero-order valence-electron chi connectivity index (χ0n) is 20.8. The molecule has 3 aromatic heterocycles. The Morgan fingerprint density at radius 1 is 1.28 bits per heavy atom. The second-order valence-electron chi connectivity index (χ2n) is 10.6. The maximum absolute atomic E-state index is 13.4. The van der Waals surface area contributed by atoms with E-state index in [1.807, 2.05) is 20.0 Å². The van der Waals surface area contributed by atoms with E-state index in [0.717, 1.165) is 37.8 Å². The summed E-state index contributed by atoms with van der Waals surface area (Å²) in [5.41, 5.74) is 0.720. The van der Waals surface area contributed by atoms with Crippen LogP contribution in [0.3, 0.4) is 0 Å². The van der Waals surface area contributed by atoms with Gasteiger partial charge in [-0.15, -0.1) is 0 Å². The molecule has 1 saturated heterocycles. The molecule has 0 radical (unpaired) electrons. The summed E-state index contributed by atoms with van der Waals surface area (Å²) in [6.07, 6.45) is 9.87. The molecular formula is C26H31N5O5. The monoisotopic (exact) mass is 493 g/mol. The number of pyridine rings is 1. The van der Waals surface area contributed by atoms with Crippen LogP contribution in [-0.4, -0.2) is 56.9 Å². The maximum atomic E-state index is 13.4. The third-order valence-corrected chi connectivity index (χ3v) is 7.49. The highest BCUT2D eigenvalue weighted by Gasteiger charge is 2.57. The Hall–Kier alpha value is -3.24. The van der Waals surface area contributed by atoms with Crippen molar-refractivity contribution in [2.75, 3.05) is 25.6 Å². The molecule has 3 aromatic rings. The summed E-state index contributed by atoms with van der Waals surface area (Å²) >= 11 is 0. The quantitative estimate of drug-likeness (QED) is 0.514. The Bertz CT molecular complexity index is 1380. The molecule has 3 aliphatic rings. The van der Waals surface area contributed by atoms with Gasteiger partial charge in [0.2, 0.25) is 11.7 Å². The van der Waals surface area contributed by atoms with Crippen molar-refractivity contribution in [3.05, 3.63) is 52.3 Å². The first-order valence-corrected chi connectivity index (χ1v) is 12.5. The highest BCUT2D eigenvalue weighted by atomic mass is 16.5. The van der Waals surface area contributed by atoms with E-state index in [0.29, 0.717) is 19.0 Å². The zero-order chi connectivity index (χ0) is 25.1. The van der Waals surface area contributed by atoms with Gasteiger partial charge in [0.15, 0.2) is 0 Å². The Morgan fingerprint density at radius 2 is 2.11 bits per heavy atom. The summed E-state index contributed by atoms with van der Waals surface area (Å²) in [7, 11) is 1.70. The number of carbonyl (C=O) groups is 1. The molecule has 10 heteroatoms. The standard InChI is InChI=1S/C26H31N5O5/c1-16(2)36-22-18(21(32)27-19-5-4-10-31(23(19)33)17-6-7-17)11-30-12-20(28-24(30)29-22)25-8-9-26(13-25,15-34-3)35-14-25/h4-5,10-12,16-17H,6-9,13-15H2,1-3H3,(H,27,32)/t25-,26-/m1/s1. The van der Waals surface area contributed by atoms with Crippen LogP contribution < -0.4 is 15.6 Å². The van der Waals surface area contributed by atoms with E-state index in [1.54, 1.807) is 40.6 Å². The smallest absolute Gasteiger partial charge is 0.274 e. The van der Waals surface area contributed by atoms with Crippen molar-refractivity contribution in [1.82, 2.24) is 18.9 Å². The van der Waals surface area contributed by atoms with Gasteiger partial charge in [0.1, 0.15) is 11.3 Å². The molecule has 1 amide bonds. The first kappa shape index (κ1) is 23.2. The molecule has 1 N–H and O–H groups in total. The maximum Gasteiger partial charge on any atom is 0.274 e. The van der Waals surface area contributed by atoms with Gasteiger partial charge in [0.05, 0.1) is 30.6 Å². The summed E-state index contributed by atoms with van der Waals surface area (Å²) in [5, 5.41) is 2.77. The predicted molar refractivity (Wildman–Crippen MR) is 132 cm³/mol. The van der Waals surface area contributed by atoms with Gasteiger partial charge in [-0.2, -0.15) is 4.98 Å². The number of nitrogens with zero attached hydrogens (tertiary/aromatic N) is 4. The highest BCUT2D eigenvalue weighted by molar-refractivity contribution is 6.05. The molecule has 3 fully saturated rings. The lowest BCUT2D eigenvalue weighted by Gasteiger charge is -2.27. The Morgan fingerprint density at radius 3 is 2.81 bits per heavy atom. The van der Waals surface area contributed by atoms with Gasteiger partial charge < -0.3 is 24.1 Å². The van der Waals surface area contributed by atoms with Gasteiger partial charge in [0.25, 0.3) is 11.5 Å². The SMILES string of the molecule is COC[C@]12CC[C@](c3cn4cc(C(=O)Nc5cccn(C6CC6)c5=O)c(OC(C)C)nc4n3)(CO1)C2. The molecule has 2 aliphatic carbocycles. The molecule has 6 rings (SSSR count). The Kier molecular flexibility index (Phi) is 5.42. The van der Waals surface area contributed by atoms with Gasteiger partial charge in [-0.05, 0) is 58.1 Å². The van der Waals surface area contributed by atoms with Gasteiger partial charge >= 0.3 is 0 Å². The number of rotatable bonds is 8. The lowest BCUT2D eigenvalue weighted by molar-refractivity contribution is -0.0659. The van der Waals surface area contributed by atoms with Crippen LogP contribution in [0.5, 0.6) is 5.88 Å². The van der Waals surface area contributed by atoms with Gasteiger partial charge in [0, 0.05) is 37.2 Å². The molecular weight excluding hydrogens is 462 g/mol. The molecule has 36 heavy (non-hydrogen) atoms. The van der Waals surface area contributed by atoms with E-state index in [9.17, 15) is 9.59 Å². The van der Waals surface area contributed by atoms with Crippen molar-refractivity contribution < 1.29 is 19.0 Å². The summed E-state index contributed by atoms with van der Waals surface area (Å²) in [6, 6.07) is 3.61. The number of nitrogens with one attached hydrogen (secondary N) is 1. The van der Waals surface area contributed by atoms with E-state index in [2.05, 4.69) is 10.3 Å². The first-order valence-electron chi connectivity index (χ1n) is 12.5. The number of amides is 1. The first-order chi connectivity index (χ1) is 17.3. The number of fused-ring (bicyclic) bond motifs is 3. The minimum absolute atomic E-state index is 0.186. The van der Waals surface area contributed by atoms with Crippen molar-refractivity contribution in [3.8, 4) is 5.88 Å². The van der Waals surface area contributed by atoms with Gasteiger partial charge in [-0.3, -0.25) is 14.0 Å². The van der Waals surface area contributed by atoms with Crippen molar-refractivity contribution in [1.29, 1.82) is 0 Å². The average Bonchev–Trinajstić information content (AvgIpc) is 3.34. The molecule has 4 heterocycles. The van der Waals surface area contributed by atoms with Crippen LogP contribution in [0.1, 0.15) is 68.0 Å². The normalized spacial score (nSPS) is 25.1. The van der Waals surface area contributed by atoms with Crippen LogP contribution in [0.25, 0.3) is 5.78 Å². The lowest BCUT2D eigenvalue weighted by Crippen LogP contribution is -2.32. The van der Waals surface area contributed by atoms with Crippen LogP contribution >= 0.6 is 0 Å². The second-order valence-corrected chi connectivity index (χ2v) is 10.6. The van der Waals surface area contributed by atoms with Crippen LogP contribution in [0, 0.1) is 0 Å². The van der Waals surface area contributed by atoms with Crippen LogP contribution in [-0.2, 0) is 14.9 Å². The number of imidazole rings is 1. The number of anilines is 1. The number of carbonyl (C=O) groups excluding carboxylic acids is 1. The van der Waals surface area contributed by atoms with E-state index in [-0.39, 0.29) is 45.9 Å². The van der Waals surface area contributed by atoms with Crippen molar-refractivity contribution in [3.63, 3.8) is 0 Å². The summed E-state index contributed by atoms with van der Waals surface area (Å²) < 4.78 is 20.9. The van der Waals surface area contributed by atoms with E-state index in [4.69, 9.17) is 19.2 Å². The fraction of sp³-hybridized carbons (Fsp3) is 0.538. The van der Waals surface area contributed by atoms with Crippen LogP contribution in [0.15, 0.2) is 35.5 Å². The van der Waals surface area contributed by atoms with E-state index in [1.165, 1.54) is 0 Å². The molecule has 0 aromatic carbocycles. The summed E-state index contributed by atoms with van der Waals surface area (Å²) in [5.74, 6) is 0.188. The minimum Gasteiger partial charge on any atom is -0.474 e.